The van der Waals surface area contributed by atoms with E-state index in [-0.39, 0.29) is 18.0 Å². The lowest BCUT2D eigenvalue weighted by atomic mass is 10.1. The molecule has 1 heterocycles. The molecule has 112 valence electrons. The smallest absolute Gasteiger partial charge is 0.324 e. The van der Waals surface area contributed by atoms with Crippen LogP contribution < -0.4 is 5.32 Å². The van der Waals surface area contributed by atoms with Crippen LogP contribution >= 0.6 is 0 Å². The van der Waals surface area contributed by atoms with E-state index in [9.17, 15) is 9.59 Å². The molecule has 1 aromatic carbocycles. The molecule has 0 bridgehead atoms. The Balaban J connectivity index is 1.57. The predicted octanol–water partition coefficient (Wildman–Crippen LogP) is 2.90. The van der Waals surface area contributed by atoms with Crippen LogP contribution in [0.5, 0.6) is 0 Å². The number of rotatable bonds is 6. The van der Waals surface area contributed by atoms with Crippen LogP contribution in [0.15, 0.2) is 30.3 Å². The summed E-state index contributed by atoms with van der Waals surface area (Å²) < 4.78 is 0. The molecule has 2 aliphatic rings. The molecule has 1 saturated carbocycles. The van der Waals surface area contributed by atoms with Crippen LogP contribution in [0, 0.1) is 5.92 Å². The molecule has 4 nitrogen and oxygen atoms in total. The van der Waals surface area contributed by atoms with Gasteiger partial charge in [0.05, 0.1) is 0 Å². The van der Waals surface area contributed by atoms with Crippen molar-refractivity contribution in [3.8, 4) is 0 Å². The second kappa shape index (κ2) is 5.88. The summed E-state index contributed by atoms with van der Waals surface area (Å²) >= 11 is 0. The maximum absolute atomic E-state index is 12.3. The first kappa shape index (κ1) is 14.1. The molecule has 0 spiro atoms. The SMILES string of the molecule is CCCC[C@@H]1NC(=O)N(C[C@@H]2C[C@@H]2c2ccccc2)C1=O. The minimum absolute atomic E-state index is 0.0350. The Morgan fingerprint density at radius 2 is 2.00 bits per heavy atom. The van der Waals surface area contributed by atoms with Crippen molar-refractivity contribution in [2.45, 2.75) is 44.6 Å². The molecule has 1 aliphatic carbocycles. The Labute approximate surface area is 125 Å². The van der Waals surface area contributed by atoms with Crippen LogP contribution in [0.25, 0.3) is 0 Å². The fourth-order valence-corrected chi connectivity index (χ4v) is 3.15. The summed E-state index contributed by atoms with van der Waals surface area (Å²) in [4.78, 5) is 25.7. The van der Waals surface area contributed by atoms with E-state index in [1.54, 1.807) is 0 Å². The predicted molar refractivity (Wildman–Crippen MR) is 80.8 cm³/mol. The molecule has 0 aromatic heterocycles. The molecule has 4 heteroatoms. The highest BCUT2D eigenvalue weighted by Gasteiger charge is 2.45. The standard InChI is InChI=1S/C17H22N2O2/c1-2-3-9-15-16(20)19(17(21)18-15)11-13-10-14(13)12-7-5-4-6-8-12/h4-8,13-15H,2-3,9-11H2,1H3,(H,18,21)/t13-,14+,15-/m0/s1. The van der Waals surface area contributed by atoms with Gasteiger partial charge in [-0.15, -0.1) is 0 Å². The van der Waals surface area contributed by atoms with Crippen molar-refractivity contribution in [2.75, 3.05) is 6.54 Å². The maximum Gasteiger partial charge on any atom is 0.324 e. The van der Waals surface area contributed by atoms with Crippen molar-refractivity contribution in [3.05, 3.63) is 35.9 Å². The van der Waals surface area contributed by atoms with Gasteiger partial charge in [-0.3, -0.25) is 9.69 Å². The summed E-state index contributed by atoms with van der Waals surface area (Å²) in [7, 11) is 0. The zero-order valence-corrected chi connectivity index (χ0v) is 12.4. The second-order valence-electron chi connectivity index (χ2n) is 6.11. The van der Waals surface area contributed by atoms with Gasteiger partial charge in [0.1, 0.15) is 6.04 Å². The summed E-state index contributed by atoms with van der Waals surface area (Å²) in [6.07, 6.45) is 3.84. The van der Waals surface area contributed by atoms with Gasteiger partial charge in [0.15, 0.2) is 0 Å². The molecule has 2 fully saturated rings. The van der Waals surface area contributed by atoms with E-state index in [4.69, 9.17) is 0 Å². The van der Waals surface area contributed by atoms with E-state index in [0.29, 0.717) is 18.4 Å². The van der Waals surface area contributed by atoms with E-state index >= 15 is 0 Å². The number of nitrogens with zero attached hydrogens (tertiary/aromatic N) is 1. The van der Waals surface area contributed by atoms with Gasteiger partial charge in [-0.25, -0.2) is 4.79 Å². The summed E-state index contributed by atoms with van der Waals surface area (Å²) in [5.74, 6) is 0.890. The van der Waals surface area contributed by atoms with Crippen molar-refractivity contribution < 1.29 is 9.59 Å². The molecule has 21 heavy (non-hydrogen) atoms. The summed E-state index contributed by atoms with van der Waals surface area (Å²) in [5.41, 5.74) is 1.32. The highest BCUT2D eigenvalue weighted by molar-refractivity contribution is 6.04. The van der Waals surface area contributed by atoms with Crippen molar-refractivity contribution >= 4 is 11.9 Å². The Kier molecular flexibility index (Phi) is 3.95. The number of carbonyl (C=O) groups excluding carboxylic acids is 2. The van der Waals surface area contributed by atoms with Crippen molar-refractivity contribution in [2.24, 2.45) is 5.92 Å². The number of urea groups is 1. The van der Waals surface area contributed by atoms with E-state index in [1.165, 1.54) is 10.5 Å². The first-order chi connectivity index (χ1) is 10.2. The number of benzene rings is 1. The van der Waals surface area contributed by atoms with Gasteiger partial charge in [0.25, 0.3) is 5.91 Å². The topological polar surface area (TPSA) is 49.4 Å². The molecule has 0 radical (unpaired) electrons. The third-order valence-corrected chi connectivity index (χ3v) is 4.52. The molecule has 0 unspecified atom stereocenters. The monoisotopic (exact) mass is 286 g/mol. The summed E-state index contributed by atoms with van der Waals surface area (Å²) in [6.45, 7) is 2.65. The summed E-state index contributed by atoms with van der Waals surface area (Å²) in [5, 5.41) is 2.81. The third-order valence-electron chi connectivity index (χ3n) is 4.52. The van der Waals surface area contributed by atoms with Crippen LogP contribution in [-0.4, -0.2) is 29.4 Å². The van der Waals surface area contributed by atoms with Crippen LogP contribution in [0.3, 0.4) is 0 Å². The lowest BCUT2D eigenvalue weighted by molar-refractivity contribution is -0.127. The van der Waals surface area contributed by atoms with Crippen LogP contribution in [0.2, 0.25) is 0 Å². The Morgan fingerprint density at radius 1 is 1.24 bits per heavy atom. The number of nitrogens with one attached hydrogen (secondary N) is 1. The number of hydrogen-bond donors (Lipinski definition) is 1. The normalized spacial score (nSPS) is 27.9. The lowest BCUT2D eigenvalue weighted by Crippen LogP contribution is -2.33. The zero-order chi connectivity index (χ0) is 14.8. The average molecular weight is 286 g/mol. The van der Waals surface area contributed by atoms with Crippen molar-refractivity contribution in [1.82, 2.24) is 10.2 Å². The largest absolute Gasteiger partial charge is 0.326 e. The quantitative estimate of drug-likeness (QED) is 0.817. The number of imide groups is 1. The van der Waals surface area contributed by atoms with Crippen molar-refractivity contribution in [1.29, 1.82) is 0 Å². The van der Waals surface area contributed by atoms with Crippen LogP contribution in [0.1, 0.15) is 44.1 Å². The van der Waals surface area contributed by atoms with E-state index in [2.05, 4.69) is 24.4 Å². The minimum Gasteiger partial charge on any atom is -0.326 e. The molecule has 3 rings (SSSR count). The molecule has 3 amide bonds. The number of carbonyl (C=O) groups is 2. The van der Waals surface area contributed by atoms with Gasteiger partial charge in [0.2, 0.25) is 0 Å². The minimum atomic E-state index is -0.300. The second-order valence-corrected chi connectivity index (χ2v) is 6.11. The first-order valence-corrected chi connectivity index (χ1v) is 7.87. The van der Waals surface area contributed by atoms with Gasteiger partial charge in [0, 0.05) is 6.54 Å². The number of hydrogen-bond acceptors (Lipinski definition) is 2. The highest BCUT2D eigenvalue weighted by atomic mass is 16.2. The average Bonchev–Trinajstić information content (AvgIpc) is 3.23. The first-order valence-electron chi connectivity index (χ1n) is 7.87. The van der Waals surface area contributed by atoms with Crippen LogP contribution in [0.4, 0.5) is 4.79 Å². The lowest BCUT2D eigenvalue weighted by Gasteiger charge is -2.12. The van der Waals surface area contributed by atoms with Gasteiger partial charge >= 0.3 is 6.03 Å². The Hall–Kier alpha value is -1.84. The highest BCUT2D eigenvalue weighted by Crippen LogP contribution is 2.47. The third kappa shape index (κ3) is 2.94. The Bertz CT molecular complexity index is 529. The van der Waals surface area contributed by atoms with Gasteiger partial charge in [-0.05, 0) is 30.2 Å². The van der Waals surface area contributed by atoms with E-state index in [1.807, 2.05) is 18.2 Å². The molecular weight excluding hydrogens is 264 g/mol. The number of unbranched alkanes of at least 4 members (excludes halogenated alkanes) is 1. The van der Waals surface area contributed by atoms with Gasteiger partial charge in [-0.2, -0.15) is 0 Å². The molecule has 1 aromatic rings. The molecule has 1 N–H and O–H groups in total. The fraction of sp³-hybridized carbons (Fsp3) is 0.529. The molecule has 1 saturated heterocycles. The van der Waals surface area contributed by atoms with Crippen molar-refractivity contribution in [3.63, 3.8) is 0 Å². The summed E-state index contributed by atoms with van der Waals surface area (Å²) in [6, 6.07) is 9.84. The van der Waals surface area contributed by atoms with E-state index in [0.717, 1.165) is 25.7 Å². The maximum atomic E-state index is 12.3. The van der Waals surface area contributed by atoms with Gasteiger partial charge < -0.3 is 5.32 Å². The fourth-order valence-electron chi connectivity index (χ4n) is 3.15. The Morgan fingerprint density at radius 3 is 2.71 bits per heavy atom. The molecule has 1 aliphatic heterocycles. The van der Waals surface area contributed by atoms with Crippen LogP contribution in [-0.2, 0) is 4.79 Å². The van der Waals surface area contributed by atoms with Gasteiger partial charge in [-0.1, -0.05) is 50.1 Å². The van der Waals surface area contributed by atoms with E-state index < -0.39 is 0 Å². The zero-order valence-electron chi connectivity index (χ0n) is 12.4. The number of amides is 3. The molecular formula is C17H22N2O2. The molecule has 3 atom stereocenters.